The van der Waals surface area contributed by atoms with E-state index in [-0.39, 0.29) is 0 Å². The fourth-order valence-electron chi connectivity index (χ4n) is 3.07. The topological polar surface area (TPSA) is 73.8 Å². The monoisotopic (exact) mass is 353 g/mol. The van der Waals surface area contributed by atoms with E-state index in [2.05, 4.69) is 34.8 Å². The molecule has 6 nitrogen and oxygen atoms in total. The first kappa shape index (κ1) is 17.8. The maximum Gasteiger partial charge on any atom is 0.406 e. The Bertz CT molecular complexity index is 762. The Morgan fingerprint density at radius 1 is 1.19 bits per heavy atom. The number of hydrogen-bond acceptors (Lipinski definition) is 4. The summed E-state index contributed by atoms with van der Waals surface area (Å²) >= 11 is 0. The Kier molecular flexibility index (Phi) is 5.43. The highest BCUT2D eigenvalue weighted by molar-refractivity contribution is 5.67. The second kappa shape index (κ2) is 7.93. The summed E-state index contributed by atoms with van der Waals surface area (Å²) in [7, 11) is 0. The maximum absolute atomic E-state index is 11.1. The first-order valence-corrected chi connectivity index (χ1v) is 8.64. The molecule has 0 aromatic heterocycles. The van der Waals surface area contributed by atoms with Crippen LogP contribution in [0.1, 0.15) is 24.5 Å². The average Bonchev–Trinajstić information content (AvgIpc) is 3.11. The highest BCUT2D eigenvalue weighted by Gasteiger charge is 2.35. The molecule has 1 heterocycles. The normalized spacial score (nSPS) is 18.3. The minimum atomic E-state index is -1.13. The molecule has 0 saturated heterocycles. The van der Waals surface area contributed by atoms with Crippen LogP contribution in [0.3, 0.4) is 0 Å². The van der Waals surface area contributed by atoms with Crippen molar-refractivity contribution in [3.8, 4) is 0 Å². The van der Waals surface area contributed by atoms with Gasteiger partial charge in [0.2, 0.25) is 0 Å². The summed E-state index contributed by atoms with van der Waals surface area (Å²) in [5.41, 5.74) is 4.75. The SMILES string of the molecule is CCCN(Cc1ccccc1)c1ccc(C2(NC(=O)O)C=CON2)cc1. The van der Waals surface area contributed by atoms with E-state index in [0.29, 0.717) is 0 Å². The van der Waals surface area contributed by atoms with E-state index in [4.69, 9.17) is 9.94 Å². The number of anilines is 1. The Hall–Kier alpha value is -2.99. The molecular weight excluding hydrogens is 330 g/mol. The van der Waals surface area contributed by atoms with E-state index in [0.717, 1.165) is 30.8 Å². The predicted molar refractivity (Wildman–Crippen MR) is 100 cm³/mol. The zero-order valence-corrected chi connectivity index (χ0v) is 14.7. The largest absolute Gasteiger partial charge is 0.465 e. The van der Waals surface area contributed by atoms with Crippen LogP contribution in [0.5, 0.6) is 0 Å². The first-order valence-electron chi connectivity index (χ1n) is 8.64. The van der Waals surface area contributed by atoms with Crippen LogP contribution < -0.4 is 15.7 Å². The van der Waals surface area contributed by atoms with Gasteiger partial charge in [-0.2, -0.15) is 0 Å². The van der Waals surface area contributed by atoms with E-state index in [1.165, 1.54) is 11.8 Å². The van der Waals surface area contributed by atoms with Gasteiger partial charge in [-0.15, -0.1) is 5.48 Å². The molecule has 6 heteroatoms. The predicted octanol–water partition coefficient (Wildman–Crippen LogP) is 3.57. The fraction of sp³-hybridized carbons (Fsp3) is 0.250. The number of carbonyl (C=O) groups is 1. The minimum Gasteiger partial charge on any atom is -0.465 e. The van der Waals surface area contributed by atoms with Crippen molar-refractivity contribution in [2.45, 2.75) is 25.6 Å². The molecule has 0 aliphatic carbocycles. The molecule has 1 atom stereocenters. The molecule has 1 aliphatic heterocycles. The first-order chi connectivity index (χ1) is 12.6. The third-order valence-corrected chi connectivity index (χ3v) is 4.31. The summed E-state index contributed by atoms with van der Waals surface area (Å²) in [6, 6.07) is 18.2. The number of benzene rings is 2. The van der Waals surface area contributed by atoms with Gasteiger partial charge in [-0.25, -0.2) is 4.79 Å². The highest BCUT2D eigenvalue weighted by atomic mass is 16.7. The smallest absolute Gasteiger partial charge is 0.406 e. The number of hydrogen-bond donors (Lipinski definition) is 3. The highest BCUT2D eigenvalue weighted by Crippen LogP contribution is 2.27. The van der Waals surface area contributed by atoms with Gasteiger partial charge in [0.1, 0.15) is 6.26 Å². The minimum absolute atomic E-state index is 0.758. The van der Waals surface area contributed by atoms with E-state index in [1.54, 1.807) is 6.08 Å². The molecule has 2 aromatic rings. The molecule has 26 heavy (non-hydrogen) atoms. The van der Waals surface area contributed by atoms with Gasteiger partial charge in [-0.05, 0) is 29.7 Å². The molecule has 0 fully saturated rings. The molecule has 0 bridgehead atoms. The molecule has 0 radical (unpaired) electrons. The van der Waals surface area contributed by atoms with E-state index < -0.39 is 11.8 Å². The molecule has 3 N–H and O–H groups in total. The van der Waals surface area contributed by atoms with Crippen molar-refractivity contribution in [3.05, 3.63) is 78.1 Å². The van der Waals surface area contributed by atoms with Crippen LogP contribution in [0.2, 0.25) is 0 Å². The van der Waals surface area contributed by atoms with Crippen LogP contribution in [-0.4, -0.2) is 17.7 Å². The van der Waals surface area contributed by atoms with Gasteiger partial charge in [-0.3, -0.25) is 5.32 Å². The summed E-state index contributed by atoms with van der Waals surface area (Å²) in [6.45, 7) is 3.92. The summed E-state index contributed by atoms with van der Waals surface area (Å²) in [5, 5.41) is 11.6. The van der Waals surface area contributed by atoms with E-state index in [9.17, 15) is 4.79 Å². The maximum atomic E-state index is 11.1. The summed E-state index contributed by atoms with van der Waals surface area (Å²) in [4.78, 5) is 18.5. The van der Waals surface area contributed by atoms with Gasteiger partial charge in [-0.1, -0.05) is 49.4 Å². The number of nitrogens with one attached hydrogen (secondary N) is 2. The summed E-state index contributed by atoms with van der Waals surface area (Å²) in [6.07, 6.45) is 2.98. The van der Waals surface area contributed by atoms with E-state index in [1.807, 2.05) is 42.5 Å². The van der Waals surface area contributed by atoms with Crippen molar-refractivity contribution >= 4 is 11.8 Å². The molecule has 0 saturated carbocycles. The Morgan fingerprint density at radius 2 is 1.92 bits per heavy atom. The fourth-order valence-corrected chi connectivity index (χ4v) is 3.07. The van der Waals surface area contributed by atoms with Gasteiger partial charge in [0, 0.05) is 24.9 Å². The number of rotatable bonds is 7. The van der Waals surface area contributed by atoms with E-state index >= 15 is 0 Å². The third-order valence-electron chi connectivity index (χ3n) is 4.31. The van der Waals surface area contributed by atoms with Crippen LogP contribution in [0, 0.1) is 0 Å². The summed E-state index contributed by atoms with van der Waals surface area (Å²) in [5.74, 6) is 0. The second-order valence-corrected chi connectivity index (χ2v) is 6.21. The zero-order chi connectivity index (χ0) is 18.4. The number of nitrogens with zero attached hydrogens (tertiary/aromatic N) is 1. The van der Waals surface area contributed by atoms with Gasteiger partial charge >= 0.3 is 6.09 Å². The third kappa shape index (κ3) is 3.97. The number of carboxylic acid groups (broad SMARTS) is 1. The van der Waals surface area contributed by atoms with Crippen molar-refractivity contribution in [3.63, 3.8) is 0 Å². The van der Waals surface area contributed by atoms with Crippen molar-refractivity contribution in [1.82, 2.24) is 10.8 Å². The molecule has 1 aliphatic rings. The molecular formula is C20H23N3O3. The van der Waals surface area contributed by atoms with Gasteiger partial charge < -0.3 is 14.8 Å². The number of hydroxylamine groups is 1. The lowest BCUT2D eigenvalue weighted by Gasteiger charge is -2.28. The van der Waals surface area contributed by atoms with Crippen LogP contribution in [-0.2, 0) is 17.0 Å². The Labute approximate surface area is 153 Å². The van der Waals surface area contributed by atoms with Gasteiger partial charge in [0.05, 0.1) is 0 Å². The molecule has 136 valence electrons. The van der Waals surface area contributed by atoms with Crippen molar-refractivity contribution in [2.24, 2.45) is 0 Å². The Balaban J connectivity index is 1.82. The zero-order valence-electron chi connectivity index (χ0n) is 14.7. The molecule has 0 spiro atoms. The molecule has 2 aromatic carbocycles. The quantitative estimate of drug-likeness (QED) is 0.710. The van der Waals surface area contributed by atoms with Gasteiger partial charge in [0.25, 0.3) is 0 Å². The molecule has 1 amide bonds. The van der Waals surface area contributed by atoms with Crippen molar-refractivity contribution in [2.75, 3.05) is 11.4 Å². The molecule has 3 rings (SSSR count). The van der Waals surface area contributed by atoms with Crippen LogP contribution in [0.25, 0.3) is 0 Å². The summed E-state index contributed by atoms with van der Waals surface area (Å²) < 4.78 is 0. The second-order valence-electron chi connectivity index (χ2n) is 6.21. The lowest BCUT2D eigenvalue weighted by Crippen LogP contribution is -2.51. The van der Waals surface area contributed by atoms with Crippen LogP contribution >= 0.6 is 0 Å². The lowest BCUT2D eigenvalue weighted by molar-refractivity contribution is 0.0776. The van der Waals surface area contributed by atoms with Crippen molar-refractivity contribution in [1.29, 1.82) is 0 Å². The van der Waals surface area contributed by atoms with Crippen LogP contribution in [0.15, 0.2) is 66.9 Å². The van der Waals surface area contributed by atoms with Gasteiger partial charge in [0.15, 0.2) is 5.66 Å². The standard InChI is InChI=1S/C20H23N3O3/c1-2-13-23(15-16-6-4-3-5-7-16)18-10-8-17(9-11-18)20(21-19(24)25)12-14-26-22-20/h3-12,14,21-22H,2,13,15H2,1H3,(H,24,25). The van der Waals surface area contributed by atoms with Crippen LogP contribution in [0.4, 0.5) is 10.5 Å². The van der Waals surface area contributed by atoms with Crippen molar-refractivity contribution < 1.29 is 14.7 Å². The molecule has 1 unspecified atom stereocenters. The Morgan fingerprint density at radius 3 is 2.50 bits per heavy atom. The lowest BCUT2D eigenvalue weighted by atomic mass is 10.00. The number of amides is 1. The average molecular weight is 353 g/mol.